The van der Waals surface area contributed by atoms with Gasteiger partial charge in [-0.25, -0.2) is 19.1 Å². The van der Waals surface area contributed by atoms with Crippen LogP contribution in [-0.4, -0.2) is 141 Å². The van der Waals surface area contributed by atoms with Crippen molar-refractivity contribution in [3.63, 3.8) is 0 Å². The smallest absolute Gasteiger partial charge is 0.450 e. The van der Waals surface area contributed by atoms with E-state index in [0.717, 1.165) is 80.2 Å². The van der Waals surface area contributed by atoms with Gasteiger partial charge in [-0.1, -0.05) is 89.0 Å². The number of hydrogen-bond donors (Lipinski definition) is 2. The van der Waals surface area contributed by atoms with Gasteiger partial charge in [0.1, 0.15) is 6.04 Å². The molecule has 4 aromatic rings. The van der Waals surface area contributed by atoms with Crippen molar-refractivity contribution in [1.29, 1.82) is 0 Å². The normalized spacial score (nSPS) is 17.0. The van der Waals surface area contributed by atoms with Gasteiger partial charge in [0.15, 0.2) is 13.5 Å². The van der Waals surface area contributed by atoms with Crippen LogP contribution in [0.3, 0.4) is 0 Å². The van der Waals surface area contributed by atoms with E-state index in [2.05, 4.69) is 34.2 Å². The number of aryl methyl sites for hydroxylation is 1. The maximum Gasteiger partial charge on any atom is 0.510 e. The molecule has 0 aliphatic carbocycles. The first-order valence-electron chi connectivity index (χ1n) is 25.5. The lowest BCUT2D eigenvalue weighted by atomic mass is 9.89. The van der Waals surface area contributed by atoms with Crippen molar-refractivity contribution < 1.29 is 38.5 Å². The zero-order valence-corrected chi connectivity index (χ0v) is 41.1. The van der Waals surface area contributed by atoms with Crippen molar-refractivity contribution in [2.45, 2.75) is 142 Å². The Hall–Kier alpha value is -5.68. The third kappa shape index (κ3) is 14.2. The first-order valence-corrected chi connectivity index (χ1v) is 25.5. The van der Waals surface area contributed by atoms with Gasteiger partial charge in [-0.15, -0.1) is 0 Å². The Labute approximate surface area is 406 Å². The molecule has 17 nitrogen and oxygen atoms in total. The number of nitrogens with one attached hydrogen (secondary N) is 1. The van der Waals surface area contributed by atoms with Crippen LogP contribution in [0.4, 0.5) is 14.4 Å². The predicted molar refractivity (Wildman–Crippen MR) is 264 cm³/mol. The second-order valence-corrected chi connectivity index (χ2v) is 19.4. The fourth-order valence-corrected chi connectivity index (χ4v) is 10.4. The molecule has 3 saturated heterocycles. The number of carboxylic acid groups (broad SMARTS) is 1. The first-order chi connectivity index (χ1) is 33.5. The molecule has 2 aromatic heterocycles. The number of hydrogen-bond acceptors (Lipinski definition) is 11. The molecular weight excluding hydrogens is 881 g/mol. The summed E-state index contributed by atoms with van der Waals surface area (Å²) in [6.45, 7) is 9.49. The number of rotatable bonds is 21. The first kappa shape index (κ1) is 51.2. The van der Waals surface area contributed by atoms with Crippen LogP contribution in [0.1, 0.15) is 119 Å². The number of fused-ring (bicyclic) bond motifs is 2. The van der Waals surface area contributed by atoms with Crippen LogP contribution < -0.4 is 10.9 Å². The molecule has 0 spiro atoms. The maximum absolute atomic E-state index is 14.5. The zero-order valence-electron chi connectivity index (χ0n) is 41.1. The molecule has 3 fully saturated rings. The summed E-state index contributed by atoms with van der Waals surface area (Å²) in [4.78, 5) is 75.0. The van der Waals surface area contributed by atoms with E-state index in [4.69, 9.17) is 19.3 Å². The molecule has 3 aliphatic rings. The molecule has 69 heavy (non-hydrogen) atoms. The fourth-order valence-electron chi connectivity index (χ4n) is 10.4. The topological polar surface area (TPSA) is 181 Å². The molecular formula is C52H74N8O9. The molecule has 2 N–H and O–H groups in total. The van der Waals surface area contributed by atoms with Crippen LogP contribution in [0.2, 0.25) is 0 Å². The summed E-state index contributed by atoms with van der Waals surface area (Å²) in [6.07, 6.45) is 14.8. The molecule has 0 bridgehead atoms. The van der Waals surface area contributed by atoms with Crippen LogP contribution in [0.15, 0.2) is 53.5 Å². The minimum Gasteiger partial charge on any atom is -0.450 e. The number of unbranched alkanes of at least 4 members (excludes halogenated alkanes) is 9. The number of likely N-dealkylation sites (tertiary alicyclic amines) is 2. The number of amides is 3. The number of pyridine rings is 1. The molecule has 1 unspecified atom stereocenters. The molecule has 0 saturated carbocycles. The standard InChI is InChI=1S/C52H74N8O9/c1-4-5-6-7-8-9-10-11-12-15-30-67-52(66)69-37-60-46-17-14-13-16-41(46)34-44(48(60)61)40-18-24-58(25-19-40)50(63)53-45(49(62)57-28-26-56(27-29-57)43-20-22-55(3)23-21-43)33-39-31-38(2)47-42(32-39)35-59(54-47)36-68-51(64)65/h13-14,16-17,31-32,34-35,40,43,45H,4-12,15,18-30,33,36-37H2,1-3H3,(H,53,63)(H,64,65). The van der Waals surface area contributed by atoms with Crippen LogP contribution in [0.25, 0.3) is 21.8 Å². The molecule has 3 aliphatic heterocycles. The van der Waals surface area contributed by atoms with Gasteiger partial charge in [-0.05, 0) is 99.8 Å². The maximum atomic E-state index is 14.5. The lowest BCUT2D eigenvalue weighted by molar-refractivity contribution is -0.135. The van der Waals surface area contributed by atoms with Gasteiger partial charge in [-0.2, -0.15) is 5.10 Å². The number of urea groups is 1. The molecule has 1 atom stereocenters. The number of para-hydroxylation sites is 1. The van der Waals surface area contributed by atoms with E-state index >= 15 is 0 Å². The molecule has 0 radical (unpaired) electrons. The summed E-state index contributed by atoms with van der Waals surface area (Å²) in [5.41, 5.74) is 3.39. The quantitative estimate of drug-likeness (QED) is 0.0607. The average Bonchev–Trinajstić information content (AvgIpc) is 3.78. The summed E-state index contributed by atoms with van der Waals surface area (Å²) in [7, 11) is 2.16. The van der Waals surface area contributed by atoms with Gasteiger partial charge in [0.25, 0.3) is 5.56 Å². The highest BCUT2D eigenvalue weighted by molar-refractivity contribution is 5.88. The van der Waals surface area contributed by atoms with E-state index in [1.807, 2.05) is 54.3 Å². The van der Waals surface area contributed by atoms with Crippen molar-refractivity contribution >= 4 is 46.1 Å². The Morgan fingerprint density at radius 2 is 1.45 bits per heavy atom. The Bertz CT molecular complexity index is 2400. The third-order valence-electron chi connectivity index (χ3n) is 14.4. The Kier molecular flexibility index (Phi) is 18.7. The fraction of sp³-hybridized carbons (Fsp3) is 0.615. The zero-order chi connectivity index (χ0) is 48.7. The highest BCUT2D eigenvalue weighted by atomic mass is 16.7. The largest absolute Gasteiger partial charge is 0.510 e. The number of aromatic nitrogens is 3. The lowest BCUT2D eigenvalue weighted by Crippen LogP contribution is -2.59. The van der Waals surface area contributed by atoms with Crippen LogP contribution in [0, 0.1) is 6.92 Å². The van der Waals surface area contributed by atoms with Gasteiger partial charge in [0, 0.05) is 68.9 Å². The van der Waals surface area contributed by atoms with Gasteiger partial charge in [0.2, 0.25) is 5.91 Å². The molecule has 2 aromatic carbocycles. The second-order valence-electron chi connectivity index (χ2n) is 19.4. The Morgan fingerprint density at radius 3 is 2.14 bits per heavy atom. The van der Waals surface area contributed by atoms with Crippen molar-refractivity contribution in [3.05, 3.63) is 75.7 Å². The number of benzene rings is 2. The van der Waals surface area contributed by atoms with E-state index in [-0.39, 0.29) is 49.9 Å². The lowest BCUT2D eigenvalue weighted by Gasteiger charge is -2.43. The average molecular weight is 955 g/mol. The van der Waals surface area contributed by atoms with E-state index in [1.54, 1.807) is 11.1 Å². The van der Waals surface area contributed by atoms with Crippen molar-refractivity contribution in [2.75, 3.05) is 66.0 Å². The molecule has 3 amide bonds. The van der Waals surface area contributed by atoms with Gasteiger partial charge in [-0.3, -0.25) is 19.1 Å². The third-order valence-corrected chi connectivity index (χ3v) is 14.4. The number of piperazine rings is 1. The summed E-state index contributed by atoms with van der Waals surface area (Å²) in [5, 5.41) is 18.2. The highest BCUT2D eigenvalue weighted by Crippen LogP contribution is 2.29. The van der Waals surface area contributed by atoms with Crippen LogP contribution in [0.5, 0.6) is 0 Å². The molecule has 376 valence electrons. The Balaban J connectivity index is 0.966. The monoisotopic (exact) mass is 955 g/mol. The highest BCUT2D eigenvalue weighted by Gasteiger charge is 2.34. The number of piperidine rings is 2. The minimum absolute atomic E-state index is 0.133. The van der Waals surface area contributed by atoms with Gasteiger partial charge >= 0.3 is 18.3 Å². The Morgan fingerprint density at radius 1 is 0.768 bits per heavy atom. The SMILES string of the molecule is CCCCCCCCCCCCOC(=O)OCn1c(=O)c(C2CCN(C(=O)NC(Cc3cc(C)c4nn(COC(=O)O)cc4c3)C(=O)N3CCN(C4CCN(C)CC4)CC3)CC2)cc2ccccc21. The summed E-state index contributed by atoms with van der Waals surface area (Å²) in [6, 6.07) is 12.6. The molecule has 7 rings (SSSR count). The van der Waals surface area contributed by atoms with E-state index < -0.39 is 18.4 Å². The summed E-state index contributed by atoms with van der Waals surface area (Å²) in [5.74, 6) is -0.276. The number of carbonyl (C=O) groups excluding carboxylic acids is 3. The minimum atomic E-state index is -1.40. The van der Waals surface area contributed by atoms with Gasteiger partial charge < -0.3 is 39.3 Å². The van der Waals surface area contributed by atoms with Crippen molar-refractivity contribution in [2.24, 2.45) is 0 Å². The van der Waals surface area contributed by atoms with E-state index in [0.29, 0.717) is 61.7 Å². The number of nitrogens with zero attached hydrogens (tertiary/aromatic N) is 7. The summed E-state index contributed by atoms with van der Waals surface area (Å²) >= 11 is 0. The second kappa shape index (κ2) is 25.3. The van der Waals surface area contributed by atoms with Gasteiger partial charge in [0.05, 0.1) is 17.6 Å². The molecule has 17 heteroatoms. The number of ether oxygens (including phenoxy) is 3. The van der Waals surface area contributed by atoms with Crippen LogP contribution in [-0.2, 0) is 38.9 Å². The predicted octanol–water partition coefficient (Wildman–Crippen LogP) is 8.08. The number of carbonyl (C=O) groups is 4. The van der Waals surface area contributed by atoms with E-state index in [9.17, 15) is 24.0 Å². The van der Waals surface area contributed by atoms with Crippen molar-refractivity contribution in [3.8, 4) is 0 Å². The van der Waals surface area contributed by atoms with Crippen LogP contribution >= 0.6 is 0 Å². The summed E-state index contributed by atoms with van der Waals surface area (Å²) < 4.78 is 18.5. The van der Waals surface area contributed by atoms with Crippen molar-refractivity contribution in [1.82, 2.24) is 39.3 Å². The molecule has 5 heterocycles. The van der Waals surface area contributed by atoms with E-state index in [1.165, 1.54) is 54.2 Å².